The number of nitrogens with one attached hydrogen (secondary N) is 1. The van der Waals surface area contributed by atoms with Crippen LogP contribution in [-0.4, -0.2) is 29.5 Å². The van der Waals surface area contributed by atoms with E-state index >= 15 is 0 Å². The predicted molar refractivity (Wildman–Crippen MR) is 109 cm³/mol. The molecule has 6 nitrogen and oxygen atoms in total. The number of aromatic hydroxyl groups is 1. The number of phenols is 1. The third-order valence-corrected chi connectivity index (χ3v) is 5.65. The quantitative estimate of drug-likeness (QED) is 0.623. The van der Waals surface area contributed by atoms with E-state index in [9.17, 15) is 14.7 Å². The number of aldehydes is 1. The van der Waals surface area contributed by atoms with Crippen LogP contribution in [0.2, 0.25) is 5.02 Å². The van der Waals surface area contributed by atoms with E-state index in [1.54, 1.807) is 18.2 Å². The number of benzene rings is 2. The van der Waals surface area contributed by atoms with Crippen molar-refractivity contribution in [2.75, 3.05) is 5.32 Å². The Hall–Kier alpha value is -2.73. The number of hydrogen-bond donors (Lipinski definition) is 2. The van der Waals surface area contributed by atoms with Crippen LogP contribution in [0.15, 0.2) is 30.3 Å². The van der Waals surface area contributed by atoms with Crippen LogP contribution in [0, 0.1) is 0 Å². The van der Waals surface area contributed by atoms with E-state index in [1.165, 1.54) is 12.1 Å². The van der Waals surface area contributed by atoms with Gasteiger partial charge in [0, 0.05) is 17.3 Å². The minimum absolute atomic E-state index is 0.112. The fourth-order valence-electron chi connectivity index (χ4n) is 3.15. The molecule has 2 aromatic carbocycles. The molecule has 0 heterocycles. The first-order chi connectivity index (χ1) is 14.0. The Morgan fingerprint density at radius 1 is 1.07 bits per heavy atom. The SMILES string of the molecule is O=Cc1ccc(NC(=O)c2cc(Cl)c(OC3CCC3)c(OC3CCC3)c2)cc1O. The second-order valence-electron chi connectivity index (χ2n) is 7.47. The molecule has 2 aromatic rings. The summed E-state index contributed by atoms with van der Waals surface area (Å²) in [6.07, 6.45) is 6.97. The number of carbonyl (C=O) groups is 2. The molecule has 0 radical (unpaired) electrons. The number of rotatable bonds is 7. The number of ether oxygens (including phenoxy) is 2. The third-order valence-electron chi connectivity index (χ3n) is 5.37. The van der Waals surface area contributed by atoms with Gasteiger partial charge in [-0.15, -0.1) is 0 Å². The van der Waals surface area contributed by atoms with Gasteiger partial charge in [-0.25, -0.2) is 0 Å². The van der Waals surface area contributed by atoms with Gasteiger partial charge in [-0.1, -0.05) is 11.6 Å². The van der Waals surface area contributed by atoms with Gasteiger partial charge < -0.3 is 19.9 Å². The van der Waals surface area contributed by atoms with Crippen molar-refractivity contribution in [3.05, 3.63) is 46.5 Å². The highest BCUT2D eigenvalue weighted by molar-refractivity contribution is 6.32. The maximum absolute atomic E-state index is 12.7. The zero-order valence-corrected chi connectivity index (χ0v) is 16.6. The van der Waals surface area contributed by atoms with E-state index in [2.05, 4.69) is 5.32 Å². The highest BCUT2D eigenvalue weighted by Gasteiger charge is 2.27. The van der Waals surface area contributed by atoms with Gasteiger partial charge in [0.25, 0.3) is 5.91 Å². The van der Waals surface area contributed by atoms with E-state index in [0.717, 1.165) is 38.5 Å². The van der Waals surface area contributed by atoms with Gasteiger partial charge in [0.1, 0.15) is 5.75 Å². The van der Waals surface area contributed by atoms with Crippen molar-refractivity contribution in [1.82, 2.24) is 0 Å². The second kappa shape index (κ2) is 8.33. The molecule has 2 aliphatic rings. The summed E-state index contributed by atoms with van der Waals surface area (Å²) < 4.78 is 12.1. The Balaban J connectivity index is 1.57. The molecular weight excluding hydrogens is 394 g/mol. The molecule has 2 N–H and O–H groups in total. The smallest absolute Gasteiger partial charge is 0.255 e. The summed E-state index contributed by atoms with van der Waals surface area (Å²) in [7, 11) is 0. The topological polar surface area (TPSA) is 84.9 Å². The highest BCUT2D eigenvalue weighted by atomic mass is 35.5. The molecule has 0 aromatic heterocycles. The average Bonchev–Trinajstić information content (AvgIpc) is 2.62. The van der Waals surface area contributed by atoms with Crippen LogP contribution >= 0.6 is 11.6 Å². The number of carbonyl (C=O) groups excluding carboxylic acids is 2. The summed E-state index contributed by atoms with van der Waals surface area (Å²) in [5.41, 5.74) is 0.842. The van der Waals surface area contributed by atoms with Gasteiger partial charge in [0.2, 0.25) is 0 Å². The predicted octanol–water partition coefficient (Wildman–Crippen LogP) is 4.97. The molecule has 0 spiro atoms. The van der Waals surface area contributed by atoms with Crippen molar-refractivity contribution in [2.24, 2.45) is 0 Å². The minimum Gasteiger partial charge on any atom is -0.507 e. The summed E-state index contributed by atoms with van der Waals surface area (Å²) in [5, 5.41) is 12.8. The lowest BCUT2D eigenvalue weighted by Crippen LogP contribution is -2.27. The molecule has 29 heavy (non-hydrogen) atoms. The first kappa shape index (κ1) is 19.6. The number of phenolic OH excluding ortho intramolecular Hbond substituents is 1. The molecule has 0 saturated heterocycles. The Morgan fingerprint density at radius 2 is 1.76 bits per heavy atom. The zero-order chi connectivity index (χ0) is 20.4. The van der Waals surface area contributed by atoms with Gasteiger partial charge in [-0.05, 0) is 62.8 Å². The van der Waals surface area contributed by atoms with E-state index in [-0.39, 0.29) is 23.5 Å². The van der Waals surface area contributed by atoms with Gasteiger partial charge >= 0.3 is 0 Å². The van der Waals surface area contributed by atoms with Crippen LogP contribution in [0.4, 0.5) is 5.69 Å². The highest BCUT2D eigenvalue weighted by Crippen LogP contribution is 2.41. The normalized spacial score (nSPS) is 16.4. The fraction of sp³-hybridized carbons (Fsp3) is 0.364. The molecule has 4 rings (SSSR count). The molecule has 0 unspecified atom stereocenters. The molecular formula is C22H22ClNO5. The maximum atomic E-state index is 12.7. The first-order valence-corrected chi connectivity index (χ1v) is 10.2. The lowest BCUT2D eigenvalue weighted by molar-refractivity contribution is 0.0903. The largest absolute Gasteiger partial charge is 0.507 e. The number of anilines is 1. The summed E-state index contributed by atoms with van der Waals surface area (Å²) in [6.45, 7) is 0. The van der Waals surface area contributed by atoms with Gasteiger partial charge in [0.05, 0.1) is 22.8 Å². The Morgan fingerprint density at radius 3 is 2.34 bits per heavy atom. The zero-order valence-electron chi connectivity index (χ0n) is 15.8. The van der Waals surface area contributed by atoms with Crippen molar-refractivity contribution < 1.29 is 24.2 Å². The second-order valence-corrected chi connectivity index (χ2v) is 7.88. The lowest BCUT2D eigenvalue weighted by Gasteiger charge is -2.31. The van der Waals surface area contributed by atoms with Crippen LogP contribution < -0.4 is 14.8 Å². The molecule has 0 bridgehead atoms. The fourth-order valence-corrected chi connectivity index (χ4v) is 3.40. The Kier molecular flexibility index (Phi) is 5.62. The summed E-state index contributed by atoms with van der Waals surface area (Å²) in [6, 6.07) is 7.50. The average molecular weight is 416 g/mol. The van der Waals surface area contributed by atoms with Crippen LogP contribution in [0.3, 0.4) is 0 Å². The van der Waals surface area contributed by atoms with E-state index in [0.29, 0.717) is 34.1 Å². The summed E-state index contributed by atoms with van der Waals surface area (Å²) in [5.74, 6) is 0.374. The molecule has 7 heteroatoms. The van der Waals surface area contributed by atoms with Crippen molar-refractivity contribution in [1.29, 1.82) is 0 Å². The van der Waals surface area contributed by atoms with Crippen molar-refractivity contribution >= 4 is 29.5 Å². The Bertz CT molecular complexity index is 937. The molecule has 0 atom stereocenters. The Labute approximate surface area is 173 Å². The monoisotopic (exact) mass is 415 g/mol. The van der Waals surface area contributed by atoms with Gasteiger partial charge in [0.15, 0.2) is 17.8 Å². The summed E-state index contributed by atoms with van der Waals surface area (Å²) in [4.78, 5) is 23.6. The van der Waals surface area contributed by atoms with E-state index < -0.39 is 5.91 Å². The number of amides is 1. The maximum Gasteiger partial charge on any atom is 0.255 e. The molecule has 1 amide bonds. The molecule has 152 valence electrons. The van der Waals surface area contributed by atoms with Crippen LogP contribution in [0.5, 0.6) is 17.2 Å². The van der Waals surface area contributed by atoms with Crippen LogP contribution in [0.25, 0.3) is 0 Å². The molecule has 0 aliphatic heterocycles. The van der Waals surface area contributed by atoms with E-state index in [4.69, 9.17) is 21.1 Å². The van der Waals surface area contributed by atoms with E-state index in [1.807, 2.05) is 0 Å². The van der Waals surface area contributed by atoms with Crippen molar-refractivity contribution in [3.63, 3.8) is 0 Å². The van der Waals surface area contributed by atoms with Crippen LogP contribution in [0.1, 0.15) is 59.2 Å². The molecule has 2 saturated carbocycles. The standard InChI is InChI=1S/C22H22ClNO5/c23-18-9-14(22(27)24-15-8-7-13(12-25)19(26)11-15)10-20(28-16-3-1-4-16)21(18)29-17-5-2-6-17/h7-12,16-17,26H,1-6H2,(H,24,27). The first-order valence-electron chi connectivity index (χ1n) is 9.80. The van der Waals surface area contributed by atoms with Crippen molar-refractivity contribution in [3.8, 4) is 17.2 Å². The van der Waals surface area contributed by atoms with Crippen molar-refractivity contribution in [2.45, 2.75) is 50.7 Å². The summed E-state index contributed by atoms with van der Waals surface area (Å²) >= 11 is 6.45. The number of hydrogen-bond acceptors (Lipinski definition) is 5. The lowest BCUT2D eigenvalue weighted by atomic mass is 9.95. The van der Waals surface area contributed by atoms with Crippen LogP contribution in [-0.2, 0) is 0 Å². The van der Waals surface area contributed by atoms with Gasteiger partial charge in [-0.2, -0.15) is 0 Å². The molecule has 2 fully saturated rings. The molecule has 2 aliphatic carbocycles. The third kappa shape index (κ3) is 4.32. The van der Waals surface area contributed by atoms with Gasteiger partial charge in [-0.3, -0.25) is 9.59 Å². The number of halogens is 1. The minimum atomic E-state index is -0.404.